The van der Waals surface area contributed by atoms with E-state index in [-0.39, 0.29) is 5.56 Å². The Morgan fingerprint density at radius 3 is 2.60 bits per heavy atom. The number of halogens is 3. The topological polar surface area (TPSA) is 121 Å². The van der Waals surface area contributed by atoms with Gasteiger partial charge in [0.2, 0.25) is 5.78 Å². The van der Waals surface area contributed by atoms with Gasteiger partial charge in [-0.05, 0) is 61.0 Å². The first-order chi connectivity index (χ1) is 19.1. The third-order valence-electron chi connectivity index (χ3n) is 6.38. The van der Waals surface area contributed by atoms with Crippen molar-refractivity contribution in [3.8, 4) is 11.1 Å². The minimum absolute atomic E-state index is 0.0641. The quantitative estimate of drug-likeness (QED) is 0.220. The van der Waals surface area contributed by atoms with Crippen LogP contribution in [0, 0.1) is 24.4 Å². The Morgan fingerprint density at radius 2 is 1.80 bits per heavy atom. The van der Waals surface area contributed by atoms with Gasteiger partial charge in [-0.1, -0.05) is 12.1 Å². The van der Waals surface area contributed by atoms with Gasteiger partial charge in [0, 0.05) is 28.9 Å². The van der Waals surface area contributed by atoms with E-state index in [2.05, 4.69) is 19.9 Å². The highest BCUT2D eigenvalue weighted by molar-refractivity contribution is 7.92. The number of nitrogens with zero attached hydrogens (tertiary/aromatic N) is 2. The molecule has 0 amide bonds. The lowest BCUT2D eigenvalue weighted by Crippen LogP contribution is -2.16. The Kier molecular flexibility index (Phi) is 5.91. The molecule has 8 nitrogen and oxygen atoms in total. The maximum absolute atomic E-state index is 15.5. The zero-order chi connectivity index (χ0) is 28.2. The van der Waals surface area contributed by atoms with E-state index in [4.69, 9.17) is 0 Å². The number of hydrogen-bond acceptors (Lipinski definition) is 5. The first-order valence-corrected chi connectivity index (χ1v) is 13.3. The maximum Gasteiger partial charge on any atom is 0.262 e. The van der Waals surface area contributed by atoms with E-state index in [1.165, 1.54) is 12.3 Å². The maximum atomic E-state index is 15.5. The van der Waals surface area contributed by atoms with Crippen LogP contribution in [0.4, 0.5) is 18.9 Å². The van der Waals surface area contributed by atoms with Crippen LogP contribution in [0.25, 0.3) is 33.2 Å². The Balaban J connectivity index is 1.39. The van der Waals surface area contributed by atoms with Crippen LogP contribution in [0.5, 0.6) is 0 Å². The number of sulfonamides is 1. The number of benzene rings is 3. The second kappa shape index (κ2) is 9.35. The summed E-state index contributed by atoms with van der Waals surface area (Å²) in [5, 5.41) is 0.313. The van der Waals surface area contributed by atoms with E-state index in [9.17, 15) is 22.0 Å². The summed E-state index contributed by atoms with van der Waals surface area (Å²) in [6.45, 7) is 1.84. The van der Waals surface area contributed by atoms with Crippen molar-refractivity contribution in [3.63, 3.8) is 0 Å². The molecule has 40 heavy (non-hydrogen) atoms. The van der Waals surface area contributed by atoms with Crippen LogP contribution < -0.4 is 4.72 Å². The molecule has 12 heteroatoms. The first kappa shape index (κ1) is 25.3. The number of nitrogens with one attached hydrogen (secondary N) is 3. The molecule has 3 N–H and O–H groups in total. The predicted octanol–water partition coefficient (Wildman–Crippen LogP) is 5.86. The number of H-pyrrole nitrogens is 2. The Hall–Kier alpha value is -4.97. The van der Waals surface area contributed by atoms with Crippen molar-refractivity contribution in [2.75, 3.05) is 4.72 Å². The van der Waals surface area contributed by atoms with Gasteiger partial charge in [0.25, 0.3) is 10.0 Å². The molecule has 6 rings (SSSR count). The molecule has 0 bridgehead atoms. The number of pyridine rings is 1. The number of ketones is 1. The monoisotopic (exact) mass is 561 g/mol. The zero-order valence-electron chi connectivity index (χ0n) is 20.6. The number of carbonyl (C=O) groups excluding carboxylic acids is 1. The number of aromatic amines is 2. The number of carbonyl (C=O) groups is 1. The summed E-state index contributed by atoms with van der Waals surface area (Å²) < 4.78 is 71.3. The fraction of sp³-hybridized carbons (Fsp3) is 0.0357. The number of aromatic nitrogens is 4. The number of anilines is 1. The minimum atomic E-state index is -4.44. The summed E-state index contributed by atoms with van der Waals surface area (Å²) in [5.74, 6) is -3.68. The first-order valence-electron chi connectivity index (χ1n) is 11.9. The van der Waals surface area contributed by atoms with Gasteiger partial charge in [-0.2, -0.15) is 0 Å². The molecule has 0 spiro atoms. The molecule has 3 aromatic heterocycles. The fourth-order valence-corrected chi connectivity index (χ4v) is 5.57. The standard InChI is InChI=1S/C28H18F3N5O3S/c1-14-34-22-7-5-15(10-24(22)35-14)16-9-19-20(13-33-28(19)32-12-16)27(37)25-21(30)6-8-23(26(25)31)36-40(38,39)18-4-2-3-17(29)11-18/h2-13,36H,1H3,(H,32,33)(H,34,35). The molecule has 3 heterocycles. The molecule has 0 aliphatic heterocycles. The average Bonchev–Trinajstić information content (AvgIpc) is 3.52. The van der Waals surface area contributed by atoms with E-state index >= 15 is 4.39 Å². The van der Waals surface area contributed by atoms with Crippen LogP contribution in [0.2, 0.25) is 0 Å². The van der Waals surface area contributed by atoms with Crippen LogP contribution in [0.15, 0.2) is 78.0 Å². The van der Waals surface area contributed by atoms with Crippen molar-refractivity contribution in [1.82, 2.24) is 19.9 Å². The van der Waals surface area contributed by atoms with Crippen molar-refractivity contribution < 1.29 is 26.4 Å². The summed E-state index contributed by atoms with van der Waals surface area (Å²) in [6.07, 6.45) is 2.88. The molecular formula is C28H18F3N5O3S. The number of hydrogen-bond donors (Lipinski definition) is 3. The summed E-state index contributed by atoms with van der Waals surface area (Å²) in [4.78, 5) is 27.7. The summed E-state index contributed by atoms with van der Waals surface area (Å²) >= 11 is 0. The van der Waals surface area contributed by atoms with Crippen LogP contribution in [-0.2, 0) is 10.0 Å². The van der Waals surface area contributed by atoms with Gasteiger partial charge in [-0.15, -0.1) is 0 Å². The molecular weight excluding hydrogens is 543 g/mol. The van der Waals surface area contributed by atoms with Crippen molar-refractivity contribution in [2.45, 2.75) is 11.8 Å². The predicted molar refractivity (Wildman–Crippen MR) is 143 cm³/mol. The summed E-state index contributed by atoms with van der Waals surface area (Å²) in [5.41, 5.74) is 1.63. The number of rotatable bonds is 6. The Labute approximate surface area is 225 Å². The molecule has 0 radical (unpaired) electrons. The second-order valence-corrected chi connectivity index (χ2v) is 10.7. The molecule has 0 unspecified atom stereocenters. The van der Waals surface area contributed by atoms with Crippen LogP contribution in [0.1, 0.15) is 21.7 Å². The van der Waals surface area contributed by atoms with Crippen LogP contribution >= 0.6 is 0 Å². The Morgan fingerprint density at radius 1 is 0.975 bits per heavy atom. The molecule has 0 fully saturated rings. The van der Waals surface area contributed by atoms with Crippen molar-refractivity contribution in [2.24, 2.45) is 0 Å². The normalized spacial score (nSPS) is 11.8. The largest absolute Gasteiger partial charge is 0.345 e. The third kappa shape index (κ3) is 4.37. The van der Waals surface area contributed by atoms with E-state index < -0.39 is 49.4 Å². The van der Waals surface area contributed by atoms with Gasteiger partial charge in [0.1, 0.15) is 23.1 Å². The minimum Gasteiger partial charge on any atom is -0.345 e. The molecule has 0 aliphatic carbocycles. The highest BCUT2D eigenvalue weighted by Crippen LogP contribution is 2.31. The SMILES string of the molecule is Cc1nc2ccc(-c3cnc4[nH]cc(C(=O)c5c(F)ccc(NS(=O)(=O)c6cccc(F)c6)c5F)c4c3)cc2[nH]1. The van der Waals surface area contributed by atoms with Gasteiger partial charge in [-0.3, -0.25) is 9.52 Å². The average molecular weight is 562 g/mol. The van der Waals surface area contributed by atoms with E-state index in [1.54, 1.807) is 12.3 Å². The van der Waals surface area contributed by atoms with E-state index in [0.29, 0.717) is 16.6 Å². The summed E-state index contributed by atoms with van der Waals surface area (Å²) in [6, 6.07) is 12.9. The van der Waals surface area contributed by atoms with Crippen molar-refractivity contribution >= 4 is 43.6 Å². The van der Waals surface area contributed by atoms with E-state index in [1.807, 2.05) is 29.8 Å². The van der Waals surface area contributed by atoms with Crippen molar-refractivity contribution in [3.05, 3.63) is 107 Å². The number of fused-ring (bicyclic) bond motifs is 2. The second-order valence-electron chi connectivity index (χ2n) is 9.05. The zero-order valence-corrected chi connectivity index (χ0v) is 21.4. The molecule has 6 aromatic rings. The molecule has 0 saturated heterocycles. The fourth-order valence-electron chi connectivity index (χ4n) is 4.48. The lowest BCUT2D eigenvalue weighted by Gasteiger charge is -2.12. The van der Waals surface area contributed by atoms with Gasteiger partial charge in [0.15, 0.2) is 5.82 Å². The van der Waals surface area contributed by atoms with Gasteiger partial charge >= 0.3 is 0 Å². The van der Waals surface area contributed by atoms with Gasteiger partial charge in [0.05, 0.1) is 27.2 Å². The smallest absolute Gasteiger partial charge is 0.262 e. The Bertz CT molecular complexity index is 2090. The van der Waals surface area contributed by atoms with E-state index in [0.717, 1.165) is 52.8 Å². The molecule has 200 valence electrons. The molecule has 0 atom stereocenters. The number of aryl methyl sites for hydroxylation is 1. The highest BCUT2D eigenvalue weighted by atomic mass is 32.2. The van der Waals surface area contributed by atoms with Crippen LogP contribution in [-0.4, -0.2) is 34.1 Å². The lowest BCUT2D eigenvalue weighted by atomic mass is 9.99. The van der Waals surface area contributed by atoms with Gasteiger partial charge < -0.3 is 9.97 Å². The molecule has 3 aromatic carbocycles. The van der Waals surface area contributed by atoms with Crippen molar-refractivity contribution in [1.29, 1.82) is 0 Å². The number of imidazole rings is 1. The summed E-state index contributed by atoms with van der Waals surface area (Å²) in [7, 11) is -4.44. The molecule has 0 saturated carbocycles. The lowest BCUT2D eigenvalue weighted by molar-refractivity contribution is 0.103. The molecule has 0 aliphatic rings. The van der Waals surface area contributed by atoms with Gasteiger partial charge in [-0.25, -0.2) is 31.6 Å². The third-order valence-corrected chi connectivity index (χ3v) is 7.74. The van der Waals surface area contributed by atoms with Crippen LogP contribution in [0.3, 0.4) is 0 Å². The highest BCUT2D eigenvalue weighted by Gasteiger charge is 2.26.